The second-order valence-electron chi connectivity index (χ2n) is 7.96. The number of nitrogens with one attached hydrogen (secondary N) is 1. The Morgan fingerprint density at radius 2 is 1.79 bits per heavy atom. The Balaban J connectivity index is 1.68. The van der Waals surface area contributed by atoms with Gasteiger partial charge in [-0.25, -0.2) is 13.2 Å². The minimum atomic E-state index is -4.19. The molecule has 1 saturated carbocycles. The lowest BCUT2D eigenvalue weighted by Crippen LogP contribution is -2.40. The Hall–Kier alpha value is -3.67. The first-order valence-electron chi connectivity index (χ1n) is 10.6. The van der Waals surface area contributed by atoms with Crippen LogP contribution in [0.4, 0.5) is 11.4 Å². The van der Waals surface area contributed by atoms with Gasteiger partial charge in [-0.1, -0.05) is 19.3 Å². The van der Waals surface area contributed by atoms with Crippen LogP contribution in [-0.4, -0.2) is 54.9 Å². The van der Waals surface area contributed by atoms with Crippen LogP contribution in [-0.2, 0) is 19.6 Å². The van der Waals surface area contributed by atoms with Crippen molar-refractivity contribution in [2.45, 2.75) is 43.0 Å². The van der Waals surface area contributed by atoms with E-state index < -0.39 is 38.8 Å². The molecule has 0 atom stereocenters. The van der Waals surface area contributed by atoms with Gasteiger partial charge in [-0.3, -0.25) is 19.6 Å². The first kappa shape index (κ1) is 25.0. The number of carbonyl (C=O) groups is 2. The minimum Gasteiger partial charge on any atom is -0.507 e. The van der Waals surface area contributed by atoms with E-state index >= 15 is 0 Å². The zero-order valence-electron chi connectivity index (χ0n) is 18.5. The van der Waals surface area contributed by atoms with Crippen molar-refractivity contribution in [1.82, 2.24) is 4.90 Å². The number of nitro benzene ring substituents is 1. The van der Waals surface area contributed by atoms with E-state index in [1.165, 1.54) is 12.1 Å². The third-order valence-corrected chi connectivity index (χ3v) is 7.05. The van der Waals surface area contributed by atoms with Crippen LogP contribution in [0.2, 0.25) is 0 Å². The Labute approximate surface area is 196 Å². The third-order valence-electron chi connectivity index (χ3n) is 5.67. The number of carbonyl (C=O) groups excluding carboxylic acids is 2. The van der Waals surface area contributed by atoms with Crippen molar-refractivity contribution in [2.75, 3.05) is 18.4 Å². The predicted octanol–water partition coefficient (Wildman–Crippen LogP) is 3.05. The van der Waals surface area contributed by atoms with Crippen LogP contribution < -0.4 is 4.72 Å². The van der Waals surface area contributed by atoms with Gasteiger partial charge in [0.05, 0.1) is 9.82 Å². The van der Waals surface area contributed by atoms with Gasteiger partial charge in [0.15, 0.2) is 6.61 Å². The molecule has 12 heteroatoms. The molecule has 2 N–H and O–H groups in total. The molecule has 34 heavy (non-hydrogen) atoms. The summed E-state index contributed by atoms with van der Waals surface area (Å²) in [4.78, 5) is 36.2. The number of phenolic OH excluding ortho intramolecular Hbond substituents is 1. The zero-order valence-corrected chi connectivity index (χ0v) is 19.3. The monoisotopic (exact) mass is 491 g/mol. The van der Waals surface area contributed by atoms with E-state index in [2.05, 4.69) is 4.72 Å². The van der Waals surface area contributed by atoms with Gasteiger partial charge in [0, 0.05) is 30.9 Å². The molecule has 1 aliphatic rings. The number of non-ortho nitro benzene ring substituents is 1. The lowest BCUT2D eigenvalue weighted by molar-refractivity contribution is -0.384. The number of hydrogen-bond donors (Lipinski definition) is 2. The van der Waals surface area contributed by atoms with E-state index in [9.17, 15) is 33.2 Å². The summed E-state index contributed by atoms with van der Waals surface area (Å²) in [5, 5.41) is 20.8. The number of benzene rings is 2. The fourth-order valence-electron chi connectivity index (χ4n) is 3.69. The largest absolute Gasteiger partial charge is 0.507 e. The van der Waals surface area contributed by atoms with Crippen LogP contribution in [0.15, 0.2) is 47.4 Å². The Morgan fingerprint density at radius 3 is 2.41 bits per heavy atom. The molecule has 3 rings (SSSR count). The second-order valence-corrected chi connectivity index (χ2v) is 9.64. The van der Waals surface area contributed by atoms with Gasteiger partial charge in [-0.2, -0.15) is 0 Å². The van der Waals surface area contributed by atoms with Crippen molar-refractivity contribution in [3.05, 3.63) is 58.1 Å². The summed E-state index contributed by atoms with van der Waals surface area (Å²) in [5.74, 6) is -1.94. The van der Waals surface area contributed by atoms with Crippen LogP contribution in [0.3, 0.4) is 0 Å². The van der Waals surface area contributed by atoms with Crippen molar-refractivity contribution < 1.29 is 32.8 Å². The molecule has 1 aliphatic carbocycles. The molecule has 0 spiro atoms. The lowest BCUT2D eigenvalue weighted by Gasteiger charge is -2.31. The summed E-state index contributed by atoms with van der Waals surface area (Å²) in [7, 11) is -2.54. The molecule has 11 nitrogen and oxygen atoms in total. The van der Waals surface area contributed by atoms with Crippen molar-refractivity contribution in [3.8, 4) is 5.75 Å². The highest BCUT2D eigenvalue weighted by molar-refractivity contribution is 7.92. The van der Waals surface area contributed by atoms with Crippen LogP contribution in [0.5, 0.6) is 5.75 Å². The molecule has 0 saturated heterocycles. The average Bonchev–Trinajstić information content (AvgIpc) is 2.82. The fraction of sp³-hybridized carbons (Fsp3) is 0.364. The smallest absolute Gasteiger partial charge is 0.342 e. The third kappa shape index (κ3) is 6.01. The topological polar surface area (TPSA) is 156 Å². The van der Waals surface area contributed by atoms with Crippen molar-refractivity contribution >= 4 is 33.3 Å². The molecular formula is C22H25N3O8S. The maximum atomic E-state index is 12.7. The summed E-state index contributed by atoms with van der Waals surface area (Å²) < 4.78 is 32.7. The predicted molar refractivity (Wildman–Crippen MR) is 122 cm³/mol. The normalized spacial score (nSPS) is 14.3. The van der Waals surface area contributed by atoms with E-state index in [1.807, 2.05) is 0 Å². The molecule has 0 heterocycles. The number of nitro groups is 1. The fourth-order valence-corrected chi connectivity index (χ4v) is 4.77. The maximum Gasteiger partial charge on any atom is 0.342 e. The number of esters is 1. The van der Waals surface area contributed by atoms with E-state index in [-0.39, 0.29) is 28.2 Å². The number of nitrogens with zero attached hydrogens (tertiary/aromatic N) is 2. The second kappa shape index (κ2) is 10.5. The number of ether oxygens (including phenoxy) is 1. The SMILES string of the molecule is CN(C(=O)COC(=O)c1cc(S(=O)(=O)Nc2ccc([N+](=O)[O-])cc2)ccc1O)C1CCCCC1. The molecule has 1 amide bonds. The summed E-state index contributed by atoms with van der Waals surface area (Å²) in [6.07, 6.45) is 4.97. The van der Waals surface area contributed by atoms with E-state index in [4.69, 9.17) is 4.74 Å². The molecule has 0 bridgehead atoms. The number of hydrogen-bond acceptors (Lipinski definition) is 8. The Morgan fingerprint density at radius 1 is 1.15 bits per heavy atom. The van der Waals surface area contributed by atoms with Crippen molar-refractivity contribution in [3.63, 3.8) is 0 Å². The Kier molecular flexibility index (Phi) is 7.72. The molecule has 2 aromatic rings. The van der Waals surface area contributed by atoms with Crippen LogP contribution in [0.25, 0.3) is 0 Å². The summed E-state index contributed by atoms with van der Waals surface area (Å²) in [6.45, 7) is -0.538. The van der Waals surface area contributed by atoms with Crippen LogP contribution in [0.1, 0.15) is 42.5 Å². The standard InChI is InChI=1S/C22H25N3O8S/c1-24(16-5-3-2-4-6-16)21(27)14-33-22(28)19-13-18(11-12-20(19)26)34(31,32)23-15-7-9-17(10-8-15)25(29)30/h7-13,16,23,26H,2-6,14H2,1H3. The molecule has 0 unspecified atom stereocenters. The quantitative estimate of drug-likeness (QED) is 0.324. The molecule has 2 aromatic carbocycles. The van der Waals surface area contributed by atoms with Gasteiger partial charge in [-0.05, 0) is 43.2 Å². The lowest BCUT2D eigenvalue weighted by atomic mass is 9.94. The van der Waals surface area contributed by atoms with E-state index in [0.717, 1.165) is 62.4 Å². The highest BCUT2D eigenvalue weighted by Gasteiger charge is 2.25. The van der Waals surface area contributed by atoms with Gasteiger partial charge in [-0.15, -0.1) is 0 Å². The number of likely N-dealkylation sites (N-methyl/N-ethyl adjacent to an activating group) is 1. The van der Waals surface area contributed by atoms with Gasteiger partial charge in [0.1, 0.15) is 11.3 Å². The number of rotatable bonds is 8. The van der Waals surface area contributed by atoms with Gasteiger partial charge in [0.2, 0.25) is 0 Å². The molecule has 182 valence electrons. The molecular weight excluding hydrogens is 466 g/mol. The van der Waals surface area contributed by atoms with Crippen molar-refractivity contribution in [1.29, 1.82) is 0 Å². The number of amides is 1. The first-order valence-corrected chi connectivity index (χ1v) is 12.1. The zero-order chi connectivity index (χ0) is 24.9. The summed E-state index contributed by atoms with van der Waals surface area (Å²) in [5.41, 5.74) is -0.555. The first-order chi connectivity index (χ1) is 16.1. The molecule has 0 aromatic heterocycles. The maximum absolute atomic E-state index is 12.7. The Bertz CT molecular complexity index is 1180. The van der Waals surface area contributed by atoms with Crippen molar-refractivity contribution in [2.24, 2.45) is 0 Å². The average molecular weight is 492 g/mol. The van der Waals surface area contributed by atoms with E-state index in [0.29, 0.717) is 0 Å². The summed E-state index contributed by atoms with van der Waals surface area (Å²) >= 11 is 0. The van der Waals surface area contributed by atoms with E-state index in [1.54, 1.807) is 11.9 Å². The number of anilines is 1. The molecule has 0 aliphatic heterocycles. The number of aromatic hydroxyl groups is 1. The number of phenols is 1. The van der Waals surface area contributed by atoms with Gasteiger partial charge < -0.3 is 14.7 Å². The van der Waals surface area contributed by atoms with Crippen LogP contribution >= 0.6 is 0 Å². The molecule has 0 radical (unpaired) electrons. The summed E-state index contributed by atoms with van der Waals surface area (Å²) in [6, 6.07) is 7.85. The minimum absolute atomic E-state index is 0.0687. The van der Waals surface area contributed by atoms with Crippen LogP contribution in [0, 0.1) is 10.1 Å². The highest BCUT2D eigenvalue weighted by atomic mass is 32.2. The van der Waals surface area contributed by atoms with Gasteiger partial charge in [0.25, 0.3) is 21.6 Å². The highest BCUT2D eigenvalue weighted by Crippen LogP contribution is 2.25. The number of sulfonamides is 1. The van der Waals surface area contributed by atoms with Gasteiger partial charge >= 0.3 is 5.97 Å². The molecule has 1 fully saturated rings.